The summed E-state index contributed by atoms with van der Waals surface area (Å²) in [6.45, 7) is 0.534. The minimum Gasteiger partial charge on any atom is -0.379 e. The van der Waals surface area contributed by atoms with Crippen molar-refractivity contribution in [1.82, 2.24) is 0 Å². The normalized spacial score (nSPS) is 10.9. The predicted octanol–water partition coefficient (Wildman–Crippen LogP) is 5.82. The fourth-order valence-electron chi connectivity index (χ4n) is 2.71. The molecule has 154 valence electrons. The first-order chi connectivity index (χ1) is 13.4. The van der Waals surface area contributed by atoms with Gasteiger partial charge in [0.15, 0.2) is 0 Å². The summed E-state index contributed by atoms with van der Waals surface area (Å²) in [6, 6.07) is 20.3. The summed E-state index contributed by atoms with van der Waals surface area (Å²) >= 11 is 9.34. The summed E-state index contributed by atoms with van der Waals surface area (Å²) in [4.78, 5) is 0.0231. The Balaban J connectivity index is 0.00000300. The van der Waals surface area contributed by atoms with E-state index in [0.717, 1.165) is 11.1 Å². The molecule has 29 heavy (non-hydrogen) atoms. The largest absolute Gasteiger partial charge is 0.379 e. The van der Waals surface area contributed by atoms with Crippen LogP contribution in [0.15, 0.2) is 71.6 Å². The summed E-state index contributed by atoms with van der Waals surface area (Å²) < 4.78 is 24.5. The molecule has 4 N–H and O–H groups in total. The molecule has 0 unspecified atom stereocenters. The van der Waals surface area contributed by atoms with E-state index in [4.69, 9.17) is 16.7 Å². The zero-order valence-electron chi connectivity index (χ0n) is 15.2. The second-order valence-electron chi connectivity index (χ2n) is 6.17. The van der Waals surface area contributed by atoms with E-state index in [2.05, 4.69) is 26.6 Å². The third-order valence-corrected chi connectivity index (χ3v) is 5.90. The molecule has 3 aromatic rings. The number of sulfonamides is 1. The molecule has 3 rings (SSSR count). The summed E-state index contributed by atoms with van der Waals surface area (Å²) in [7, 11) is -3.95. The van der Waals surface area contributed by atoms with Crippen molar-refractivity contribution in [2.75, 3.05) is 10.6 Å². The maximum absolute atomic E-state index is 12.3. The number of benzene rings is 3. The lowest BCUT2D eigenvalue weighted by atomic mass is 10.1. The van der Waals surface area contributed by atoms with Crippen LogP contribution >= 0.6 is 44.5 Å². The summed E-state index contributed by atoms with van der Waals surface area (Å²) in [6.07, 6.45) is 0. The number of hydrogen-bond acceptors (Lipinski definition) is 4. The first kappa shape index (κ1) is 23.7. The van der Waals surface area contributed by atoms with Gasteiger partial charge in [-0.2, -0.15) is 0 Å². The van der Waals surface area contributed by atoms with Crippen LogP contribution in [-0.4, -0.2) is 8.42 Å². The number of nitrogens with one attached hydrogen (secondary N) is 2. The lowest BCUT2D eigenvalue weighted by Gasteiger charge is -2.19. The highest BCUT2D eigenvalue weighted by atomic mass is 79.9. The van der Waals surface area contributed by atoms with E-state index in [1.807, 2.05) is 36.4 Å². The molecule has 9 heteroatoms. The Kier molecular flexibility index (Phi) is 8.54. The topological polar surface area (TPSA) is 84.2 Å². The van der Waals surface area contributed by atoms with Crippen LogP contribution < -0.4 is 15.8 Å². The van der Waals surface area contributed by atoms with E-state index in [-0.39, 0.29) is 21.9 Å². The molecular formula is C20H20Br2ClN3O2S. The van der Waals surface area contributed by atoms with E-state index >= 15 is 0 Å². The average Bonchev–Trinajstić information content (AvgIpc) is 2.68. The maximum atomic E-state index is 12.3. The van der Waals surface area contributed by atoms with Crippen molar-refractivity contribution < 1.29 is 8.42 Å². The van der Waals surface area contributed by atoms with E-state index in [1.54, 1.807) is 30.3 Å². The Morgan fingerprint density at radius 1 is 0.966 bits per heavy atom. The number of rotatable bonds is 7. The van der Waals surface area contributed by atoms with Crippen molar-refractivity contribution in [2.45, 2.75) is 16.8 Å². The van der Waals surface area contributed by atoms with E-state index in [1.165, 1.54) is 0 Å². The van der Waals surface area contributed by atoms with E-state index in [9.17, 15) is 8.42 Å². The molecule has 0 amide bonds. The third kappa shape index (κ3) is 6.45. The fourth-order valence-corrected chi connectivity index (χ4v) is 3.92. The zero-order valence-corrected chi connectivity index (χ0v) is 20.1. The average molecular weight is 562 g/mol. The highest BCUT2D eigenvalue weighted by Crippen LogP contribution is 2.35. The number of anilines is 3. The van der Waals surface area contributed by atoms with Gasteiger partial charge in [-0.05, 0) is 47.5 Å². The molecule has 0 aliphatic heterocycles. The molecule has 0 aliphatic carbocycles. The van der Waals surface area contributed by atoms with Gasteiger partial charge in [0.2, 0.25) is 10.0 Å². The third-order valence-electron chi connectivity index (χ3n) is 4.06. The Bertz CT molecular complexity index is 1060. The minimum absolute atomic E-state index is 0. The van der Waals surface area contributed by atoms with Gasteiger partial charge in [-0.15, -0.1) is 17.0 Å². The molecular weight excluding hydrogens is 542 g/mol. The molecule has 0 fully saturated rings. The van der Waals surface area contributed by atoms with Crippen LogP contribution in [0, 0.1) is 0 Å². The van der Waals surface area contributed by atoms with Gasteiger partial charge < -0.3 is 10.6 Å². The molecule has 0 atom stereocenters. The Labute approximate surface area is 194 Å². The maximum Gasteiger partial charge on any atom is 0.240 e. The molecule has 0 aromatic heterocycles. The van der Waals surface area contributed by atoms with Crippen molar-refractivity contribution in [1.29, 1.82) is 0 Å². The lowest BCUT2D eigenvalue weighted by molar-refractivity contribution is 0.598. The van der Waals surface area contributed by atoms with Crippen molar-refractivity contribution >= 4 is 71.6 Å². The number of halogens is 3. The molecule has 0 bridgehead atoms. The SMILES string of the molecule is Br.NS(=O)(=O)c1cc(CBr)cc(NCc2ccccc2)c1Nc1ccc(Cl)cc1. The summed E-state index contributed by atoms with van der Waals surface area (Å²) in [5.74, 6) is 0. The smallest absolute Gasteiger partial charge is 0.240 e. The monoisotopic (exact) mass is 559 g/mol. The van der Waals surface area contributed by atoms with Crippen molar-refractivity contribution in [3.8, 4) is 0 Å². The highest BCUT2D eigenvalue weighted by molar-refractivity contribution is 9.08. The van der Waals surface area contributed by atoms with Crippen LogP contribution in [0.5, 0.6) is 0 Å². The van der Waals surface area contributed by atoms with Crippen LogP contribution in [0.3, 0.4) is 0 Å². The lowest BCUT2D eigenvalue weighted by Crippen LogP contribution is -2.16. The Hall–Kier alpha value is -1.58. The predicted molar refractivity (Wildman–Crippen MR) is 129 cm³/mol. The van der Waals surface area contributed by atoms with Crippen LogP contribution in [-0.2, 0) is 21.9 Å². The quantitative estimate of drug-likeness (QED) is 0.318. The summed E-state index contributed by atoms with van der Waals surface area (Å²) in [5.41, 5.74) is 3.59. The Morgan fingerprint density at radius 2 is 1.62 bits per heavy atom. The zero-order chi connectivity index (χ0) is 20.1. The first-order valence-electron chi connectivity index (χ1n) is 8.43. The number of primary sulfonamides is 1. The van der Waals surface area contributed by atoms with Crippen LogP contribution in [0.25, 0.3) is 0 Å². The molecule has 0 saturated heterocycles. The first-order valence-corrected chi connectivity index (χ1v) is 11.5. The summed E-state index contributed by atoms with van der Waals surface area (Å²) in [5, 5.41) is 13.1. The van der Waals surface area contributed by atoms with E-state index < -0.39 is 10.0 Å². The van der Waals surface area contributed by atoms with Gasteiger partial charge >= 0.3 is 0 Å². The van der Waals surface area contributed by atoms with Gasteiger partial charge in [0.05, 0.1) is 11.4 Å². The van der Waals surface area contributed by atoms with Gasteiger partial charge in [-0.1, -0.05) is 57.9 Å². The van der Waals surface area contributed by atoms with Gasteiger partial charge in [-0.25, -0.2) is 13.6 Å². The molecule has 0 saturated carbocycles. The minimum atomic E-state index is -3.95. The van der Waals surface area contributed by atoms with Gasteiger partial charge in [0.25, 0.3) is 0 Å². The van der Waals surface area contributed by atoms with Crippen LogP contribution in [0.1, 0.15) is 11.1 Å². The molecule has 0 heterocycles. The molecule has 5 nitrogen and oxygen atoms in total. The highest BCUT2D eigenvalue weighted by Gasteiger charge is 2.19. The van der Waals surface area contributed by atoms with Crippen molar-refractivity contribution in [3.05, 3.63) is 82.9 Å². The Morgan fingerprint density at radius 3 is 2.21 bits per heavy atom. The van der Waals surface area contributed by atoms with Crippen LogP contribution in [0.4, 0.5) is 17.1 Å². The second kappa shape index (κ2) is 10.4. The fraction of sp³-hybridized carbons (Fsp3) is 0.100. The number of alkyl halides is 1. The van der Waals surface area contributed by atoms with E-state index in [0.29, 0.717) is 34.0 Å². The molecule has 0 radical (unpaired) electrons. The number of nitrogens with two attached hydrogens (primary N) is 1. The number of hydrogen-bond donors (Lipinski definition) is 3. The van der Waals surface area contributed by atoms with Gasteiger partial charge in [-0.3, -0.25) is 0 Å². The van der Waals surface area contributed by atoms with Crippen molar-refractivity contribution in [3.63, 3.8) is 0 Å². The second-order valence-corrected chi connectivity index (χ2v) is 8.69. The van der Waals surface area contributed by atoms with Crippen LogP contribution in [0.2, 0.25) is 5.02 Å². The molecule has 3 aromatic carbocycles. The molecule has 0 spiro atoms. The van der Waals surface area contributed by atoms with Gasteiger partial charge in [0.1, 0.15) is 4.90 Å². The van der Waals surface area contributed by atoms with Gasteiger partial charge in [0, 0.05) is 22.6 Å². The van der Waals surface area contributed by atoms with Crippen molar-refractivity contribution in [2.24, 2.45) is 5.14 Å². The standard InChI is InChI=1S/C20H19BrClN3O2S.BrH/c21-12-15-10-18(24-13-14-4-2-1-3-5-14)20(19(11-15)28(23,26)27)25-17-8-6-16(22)7-9-17;/h1-11,24-25H,12-13H2,(H2,23,26,27);1H. The molecule has 0 aliphatic rings.